The van der Waals surface area contributed by atoms with Gasteiger partial charge in [-0.25, -0.2) is 17.2 Å². The van der Waals surface area contributed by atoms with E-state index < -0.39 is 10.0 Å². The van der Waals surface area contributed by atoms with Crippen molar-refractivity contribution >= 4 is 26.9 Å². The average Bonchev–Trinajstić information content (AvgIpc) is 3.15. The Labute approximate surface area is 169 Å². The molecular formula is C23H19NO4S. The van der Waals surface area contributed by atoms with Gasteiger partial charge in [-0.1, -0.05) is 48.5 Å². The third-order valence-corrected chi connectivity index (χ3v) is 6.37. The summed E-state index contributed by atoms with van der Waals surface area (Å²) in [7, 11) is -3.74. The molecule has 0 aliphatic carbocycles. The number of ether oxygens (including phenoxy) is 1. The van der Waals surface area contributed by atoms with Gasteiger partial charge in [-0.05, 0) is 42.8 Å². The van der Waals surface area contributed by atoms with Crippen LogP contribution < -0.4 is 0 Å². The third-order valence-electron chi connectivity index (χ3n) is 4.69. The van der Waals surface area contributed by atoms with Crippen LogP contribution in [0.4, 0.5) is 0 Å². The number of hydrogen-bond acceptors (Lipinski definition) is 4. The molecule has 0 saturated heterocycles. The molecule has 0 aliphatic rings. The van der Waals surface area contributed by atoms with Gasteiger partial charge < -0.3 is 4.74 Å². The van der Waals surface area contributed by atoms with Crippen molar-refractivity contribution in [2.45, 2.75) is 11.8 Å². The number of fused-ring (bicyclic) bond motifs is 1. The molecule has 5 nitrogen and oxygen atoms in total. The van der Waals surface area contributed by atoms with Crippen LogP contribution in [-0.2, 0) is 14.8 Å². The van der Waals surface area contributed by atoms with Crippen LogP contribution in [0.15, 0.2) is 90.0 Å². The standard InChI is InChI=1S/C23H19NO4S/c1-2-28-23(25)18-14-12-17(13-15-18)21-16-24(22-11-7-6-10-20(21)22)29(26,27)19-8-4-3-5-9-19/h3-16H,2H2,1H3. The number of benzene rings is 3. The molecule has 0 saturated carbocycles. The average molecular weight is 405 g/mol. The molecule has 0 atom stereocenters. The zero-order chi connectivity index (χ0) is 20.4. The molecule has 0 fully saturated rings. The Morgan fingerprint density at radius 3 is 2.24 bits per heavy atom. The SMILES string of the molecule is CCOC(=O)c1ccc(-c2cn(S(=O)(=O)c3ccccc3)c3ccccc23)cc1. The van der Waals surface area contributed by atoms with Crippen molar-refractivity contribution in [1.29, 1.82) is 0 Å². The number of carbonyl (C=O) groups is 1. The van der Waals surface area contributed by atoms with E-state index in [1.165, 1.54) is 3.97 Å². The van der Waals surface area contributed by atoms with Gasteiger partial charge in [-0.15, -0.1) is 0 Å². The number of carbonyl (C=O) groups excluding carboxylic acids is 1. The molecule has 0 radical (unpaired) electrons. The quantitative estimate of drug-likeness (QED) is 0.451. The minimum atomic E-state index is -3.74. The lowest BCUT2D eigenvalue weighted by molar-refractivity contribution is 0.0526. The van der Waals surface area contributed by atoms with Crippen molar-refractivity contribution in [3.63, 3.8) is 0 Å². The Balaban J connectivity index is 1.85. The highest BCUT2D eigenvalue weighted by Crippen LogP contribution is 2.33. The normalized spacial score (nSPS) is 11.5. The number of para-hydroxylation sites is 1. The van der Waals surface area contributed by atoms with Gasteiger partial charge in [-0.2, -0.15) is 0 Å². The van der Waals surface area contributed by atoms with Gasteiger partial charge in [0.15, 0.2) is 0 Å². The first kappa shape index (κ1) is 19.0. The first-order valence-corrected chi connectivity index (χ1v) is 10.6. The fraction of sp³-hybridized carbons (Fsp3) is 0.0870. The smallest absolute Gasteiger partial charge is 0.338 e. The second kappa shape index (κ2) is 7.56. The van der Waals surface area contributed by atoms with Gasteiger partial charge in [0, 0.05) is 17.1 Å². The van der Waals surface area contributed by atoms with E-state index in [-0.39, 0.29) is 10.9 Å². The third kappa shape index (κ3) is 3.43. The Hall–Kier alpha value is -3.38. The summed E-state index contributed by atoms with van der Waals surface area (Å²) < 4.78 is 32.8. The minimum Gasteiger partial charge on any atom is -0.462 e. The lowest BCUT2D eigenvalue weighted by atomic mass is 10.0. The molecule has 4 aromatic rings. The van der Waals surface area contributed by atoms with Gasteiger partial charge in [-0.3, -0.25) is 0 Å². The molecule has 0 unspecified atom stereocenters. The van der Waals surface area contributed by atoms with Gasteiger partial charge in [0.2, 0.25) is 0 Å². The Bertz CT molecular complexity index is 1270. The van der Waals surface area contributed by atoms with Crippen LogP contribution in [0, 0.1) is 0 Å². The Morgan fingerprint density at radius 2 is 1.55 bits per heavy atom. The van der Waals surface area contributed by atoms with E-state index in [0.717, 1.165) is 16.5 Å². The zero-order valence-electron chi connectivity index (χ0n) is 15.8. The Kier molecular flexibility index (Phi) is 4.94. The number of aromatic nitrogens is 1. The zero-order valence-corrected chi connectivity index (χ0v) is 16.6. The molecule has 29 heavy (non-hydrogen) atoms. The molecule has 146 valence electrons. The highest BCUT2D eigenvalue weighted by molar-refractivity contribution is 7.90. The maximum absolute atomic E-state index is 13.2. The van der Waals surface area contributed by atoms with Crippen molar-refractivity contribution in [3.8, 4) is 11.1 Å². The van der Waals surface area contributed by atoms with Gasteiger partial charge in [0.1, 0.15) is 0 Å². The monoisotopic (exact) mass is 405 g/mol. The highest BCUT2D eigenvalue weighted by Gasteiger charge is 2.21. The van der Waals surface area contributed by atoms with Crippen LogP contribution in [0.3, 0.4) is 0 Å². The first-order chi connectivity index (χ1) is 14.0. The van der Waals surface area contributed by atoms with Crippen LogP contribution in [0.1, 0.15) is 17.3 Å². The number of nitrogens with zero attached hydrogens (tertiary/aromatic N) is 1. The van der Waals surface area contributed by atoms with Crippen LogP contribution in [-0.4, -0.2) is 25.0 Å². The van der Waals surface area contributed by atoms with Crippen molar-refractivity contribution in [2.75, 3.05) is 6.61 Å². The molecule has 1 aromatic heterocycles. The molecule has 0 bridgehead atoms. The van der Waals surface area contributed by atoms with E-state index in [1.54, 1.807) is 73.8 Å². The molecule has 4 rings (SSSR count). The summed E-state index contributed by atoms with van der Waals surface area (Å²) in [5.41, 5.74) is 2.64. The maximum Gasteiger partial charge on any atom is 0.338 e. The van der Waals surface area contributed by atoms with Crippen molar-refractivity contribution in [3.05, 3.63) is 90.6 Å². The Morgan fingerprint density at radius 1 is 0.897 bits per heavy atom. The lowest BCUT2D eigenvalue weighted by Crippen LogP contribution is -2.11. The minimum absolute atomic E-state index is 0.227. The fourth-order valence-corrected chi connectivity index (χ4v) is 4.68. The van der Waals surface area contributed by atoms with Crippen LogP contribution >= 0.6 is 0 Å². The second-order valence-electron chi connectivity index (χ2n) is 6.47. The summed E-state index contributed by atoms with van der Waals surface area (Å²) in [6.07, 6.45) is 1.63. The van der Waals surface area contributed by atoms with E-state index in [0.29, 0.717) is 17.7 Å². The summed E-state index contributed by atoms with van der Waals surface area (Å²) in [4.78, 5) is 12.1. The van der Waals surface area contributed by atoms with Gasteiger partial charge in [0.25, 0.3) is 10.0 Å². The molecule has 0 N–H and O–H groups in total. The predicted molar refractivity (Wildman–Crippen MR) is 112 cm³/mol. The lowest BCUT2D eigenvalue weighted by Gasteiger charge is -2.07. The molecule has 3 aromatic carbocycles. The van der Waals surface area contributed by atoms with E-state index in [2.05, 4.69) is 0 Å². The number of esters is 1. The number of hydrogen-bond donors (Lipinski definition) is 0. The second-order valence-corrected chi connectivity index (χ2v) is 8.29. The van der Waals surface area contributed by atoms with Gasteiger partial charge in [0.05, 0.1) is 22.6 Å². The van der Waals surface area contributed by atoms with E-state index in [4.69, 9.17) is 4.74 Å². The van der Waals surface area contributed by atoms with Crippen LogP contribution in [0.2, 0.25) is 0 Å². The van der Waals surface area contributed by atoms with Crippen LogP contribution in [0.25, 0.3) is 22.0 Å². The molecular weight excluding hydrogens is 386 g/mol. The topological polar surface area (TPSA) is 65.4 Å². The largest absolute Gasteiger partial charge is 0.462 e. The van der Waals surface area contributed by atoms with E-state index in [1.807, 2.05) is 18.2 Å². The molecule has 0 aliphatic heterocycles. The van der Waals surface area contributed by atoms with Crippen molar-refractivity contribution in [1.82, 2.24) is 3.97 Å². The predicted octanol–water partition coefficient (Wildman–Crippen LogP) is 4.72. The van der Waals surface area contributed by atoms with Gasteiger partial charge >= 0.3 is 5.97 Å². The summed E-state index contributed by atoms with van der Waals surface area (Å²) >= 11 is 0. The summed E-state index contributed by atoms with van der Waals surface area (Å²) in [5.74, 6) is -0.381. The summed E-state index contributed by atoms with van der Waals surface area (Å²) in [6, 6.07) is 22.7. The molecule has 6 heteroatoms. The van der Waals surface area contributed by atoms with Crippen molar-refractivity contribution in [2.24, 2.45) is 0 Å². The van der Waals surface area contributed by atoms with E-state index in [9.17, 15) is 13.2 Å². The highest BCUT2D eigenvalue weighted by atomic mass is 32.2. The number of rotatable bonds is 5. The van der Waals surface area contributed by atoms with Crippen molar-refractivity contribution < 1.29 is 17.9 Å². The van der Waals surface area contributed by atoms with Crippen LogP contribution in [0.5, 0.6) is 0 Å². The fourth-order valence-electron chi connectivity index (χ4n) is 3.29. The van der Waals surface area contributed by atoms with E-state index >= 15 is 0 Å². The molecule has 1 heterocycles. The first-order valence-electron chi connectivity index (χ1n) is 9.20. The summed E-state index contributed by atoms with van der Waals surface area (Å²) in [6.45, 7) is 2.07. The molecule has 0 amide bonds. The summed E-state index contributed by atoms with van der Waals surface area (Å²) in [5, 5.41) is 0.816. The molecule has 0 spiro atoms. The maximum atomic E-state index is 13.2.